The van der Waals surface area contributed by atoms with Crippen LogP contribution < -0.4 is 5.73 Å². The van der Waals surface area contributed by atoms with Gasteiger partial charge in [0.1, 0.15) is 0 Å². The summed E-state index contributed by atoms with van der Waals surface area (Å²) >= 11 is 0. The molecule has 0 spiro atoms. The van der Waals surface area contributed by atoms with E-state index in [1.165, 1.54) is 42.1 Å². The number of nitrogens with one attached hydrogen (secondary N) is 1. The van der Waals surface area contributed by atoms with Crippen LogP contribution >= 0.6 is 0 Å². The second-order valence-corrected chi connectivity index (χ2v) is 6.19. The minimum Gasteiger partial charge on any atom is -0.361 e. The number of hydrogen-bond donors (Lipinski definition) is 2. The van der Waals surface area contributed by atoms with Crippen molar-refractivity contribution in [1.29, 1.82) is 0 Å². The molecule has 2 aliphatic heterocycles. The van der Waals surface area contributed by atoms with Gasteiger partial charge in [0, 0.05) is 36.4 Å². The Morgan fingerprint density at radius 2 is 1.95 bits per heavy atom. The summed E-state index contributed by atoms with van der Waals surface area (Å²) in [5, 5.41) is 1.32. The Labute approximate surface area is 113 Å². The zero-order valence-electron chi connectivity index (χ0n) is 11.2. The molecule has 3 heterocycles. The van der Waals surface area contributed by atoms with Crippen molar-refractivity contribution in [2.45, 2.75) is 50.4 Å². The van der Waals surface area contributed by atoms with Gasteiger partial charge in [-0.2, -0.15) is 0 Å². The Bertz CT molecular complexity index is 574. The van der Waals surface area contributed by atoms with E-state index in [9.17, 15) is 0 Å². The van der Waals surface area contributed by atoms with Gasteiger partial charge in [-0.3, -0.25) is 4.90 Å². The quantitative estimate of drug-likeness (QED) is 0.866. The summed E-state index contributed by atoms with van der Waals surface area (Å²) in [6, 6.07) is 10.8. The Hall–Kier alpha value is -1.32. The van der Waals surface area contributed by atoms with Crippen LogP contribution in [-0.4, -0.2) is 28.0 Å². The number of aromatic amines is 1. The molecule has 3 nitrogen and oxygen atoms in total. The fourth-order valence-corrected chi connectivity index (χ4v) is 3.99. The first-order chi connectivity index (χ1) is 9.29. The van der Waals surface area contributed by atoms with Crippen molar-refractivity contribution >= 4 is 10.9 Å². The summed E-state index contributed by atoms with van der Waals surface area (Å²) in [4.78, 5) is 5.95. The fraction of sp³-hybridized carbons (Fsp3) is 0.500. The van der Waals surface area contributed by atoms with E-state index in [0.717, 1.165) is 18.6 Å². The van der Waals surface area contributed by atoms with Gasteiger partial charge in [0.25, 0.3) is 0 Å². The van der Waals surface area contributed by atoms with Crippen molar-refractivity contribution in [3.8, 4) is 0 Å². The second kappa shape index (κ2) is 4.36. The van der Waals surface area contributed by atoms with Gasteiger partial charge in [-0.15, -0.1) is 0 Å². The van der Waals surface area contributed by atoms with Crippen molar-refractivity contribution in [2.24, 2.45) is 5.73 Å². The maximum absolute atomic E-state index is 6.14. The molecule has 0 amide bonds. The Morgan fingerprint density at radius 1 is 1.16 bits per heavy atom. The largest absolute Gasteiger partial charge is 0.361 e. The van der Waals surface area contributed by atoms with Crippen LogP contribution in [0, 0.1) is 0 Å². The first kappa shape index (κ1) is 11.5. The van der Waals surface area contributed by atoms with Gasteiger partial charge in [0.2, 0.25) is 0 Å². The Morgan fingerprint density at radius 3 is 2.74 bits per heavy atom. The summed E-state index contributed by atoms with van der Waals surface area (Å²) in [6.45, 7) is 1.09. The Kier molecular flexibility index (Phi) is 2.64. The zero-order chi connectivity index (χ0) is 12.8. The molecular formula is C16H21N3. The zero-order valence-corrected chi connectivity index (χ0v) is 11.2. The number of nitrogens with two attached hydrogens (primary N) is 1. The highest BCUT2D eigenvalue weighted by Gasteiger charge is 2.39. The van der Waals surface area contributed by atoms with Gasteiger partial charge in [0.05, 0.1) is 0 Å². The topological polar surface area (TPSA) is 45.0 Å². The molecule has 19 heavy (non-hydrogen) atoms. The molecule has 0 saturated carbocycles. The third kappa shape index (κ3) is 1.97. The minimum absolute atomic E-state index is 0.431. The van der Waals surface area contributed by atoms with Crippen molar-refractivity contribution < 1.29 is 0 Å². The monoisotopic (exact) mass is 255 g/mol. The number of nitrogens with zero attached hydrogens (tertiary/aromatic N) is 1. The standard InChI is InChI=1S/C16H21N3/c17-13-8-14-2-3-15(9-13)19(14)10-11-1-4-16-12(7-11)5-6-18-16/h1,4-7,13-15,18H,2-3,8-10,17H2/t13?,14-,15+. The molecule has 3 heteroatoms. The van der Waals surface area contributed by atoms with E-state index in [1.54, 1.807) is 0 Å². The van der Waals surface area contributed by atoms with Gasteiger partial charge >= 0.3 is 0 Å². The summed E-state index contributed by atoms with van der Waals surface area (Å²) in [7, 11) is 0. The summed E-state index contributed by atoms with van der Waals surface area (Å²) in [6.07, 6.45) is 7.05. The third-order valence-corrected chi connectivity index (χ3v) is 4.90. The molecule has 1 unspecified atom stereocenters. The first-order valence-corrected chi connectivity index (χ1v) is 7.37. The Balaban J connectivity index is 1.57. The first-order valence-electron chi connectivity index (χ1n) is 7.37. The van der Waals surface area contributed by atoms with Gasteiger partial charge in [-0.25, -0.2) is 0 Å². The molecule has 2 saturated heterocycles. The van der Waals surface area contributed by atoms with E-state index in [-0.39, 0.29) is 0 Å². The highest BCUT2D eigenvalue weighted by molar-refractivity contribution is 5.79. The van der Waals surface area contributed by atoms with Crippen molar-refractivity contribution in [1.82, 2.24) is 9.88 Å². The van der Waals surface area contributed by atoms with Crippen molar-refractivity contribution in [3.63, 3.8) is 0 Å². The summed E-state index contributed by atoms with van der Waals surface area (Å²) < 4.78 is 0. The molecule has 0 radical (unpaired) electrons. The number of rotatable bonds is 2. The number of benzene rings is 1. The van der Waals surface area contributed by atoms with Crippen LogP contribution in [0.15, 0.2) is 30.5 Å². The van der Waals surface area contributed by atoms with E-state index in [0.29, 0.717) is 6.04 Å². The molecule has 2 aromatic rings. The smallest absolute Gasteiger partial charge is 0.0454 e. The number of aromatic nitrogens is 1. The minimum atomic E-state index is 0.431. The fourth-order valence-electron chi connectivity index (χ4n) is 3.99. The number of fused-ring (bicyclic) bond motifs is 3. The molecule has 2 aliphatic rings. The molecule has 2 bridgehead atoms. The van der Waals surface area contributed by atoms with Gasteiger partial charge in [0.15, 0.2) is 0 Å². The third-order valence-electron chi connectivity index (χ3n) is 4.90. The van der Waals surface area contributed by atoms with E-state index in [1.807, 2.05) is 6.20 Å². The van der Waals surface area contributed by atoms with Crippen LogP contribution in [0.5, 0.6) is 0 Å². The van der Waals surface area contributed by atoms with E-state index >= 15 is 0 Å². The van der Waals surface area contributed by atoms with Crippen LogP contribution in [0.2, 0.25) is 0 Å². The second-order valence-electron chi connectivity index (χ2n) is 6.19. The predicted octanol–water partition coefficient (Wildman–Crippen LogP) is 2.62. The molecule has 4 rings (SSSR count). The van der Waals surface area contributed by atoms with Crippen molar-refractivity contribution in [3.05, 3.63) is 36.0 Å². The summed E-state index contributed by atoms with van der Waals surface area (Å²) in [5.41, 5.74) is 8.80. The number of H-pyrrole nitrogens is 1. The van der Waals surface area contributed by atoms with Crippen LogP contribution in [-0.2, 0) is 6.54 Å². The lowest BCUT2D eigenvalue weighted by atomic mass is 9.97. The van der Waals surface area contributed by atoms with Crippen LogP contribution in [0.1, 0.15) is 31.2 Å². The molecule has 1 aromatic heterocycles. The average Bonchev–Trinajstić information content (AvgIpc) is 2.94. The highest BCUT2D eigenvalue weighted by atomic mass is 15.2. The molecule has 0 aliphatic carbocycles. The van der Waals surface area contributed by atoms with Gasteiger partial charge in [-0.1, -0.05) is 6.07 Å². The number of piperidine rings is 1. The average molecular weight is 255 g/mol. The normalized spacial score (nSPS) is 31.1. The van der Waals surface area contributed by atoms with Gasteiger partial charge in [-0.05, 0) is 54.8 Å². The van der Waals surface area contributed by atoms with Crippen LogP contribution in [0.4, 0.5) is 0 Å². The van der Waals surface area contributed by atoms with Crippen molar-refractivity contribution in [2.75, 3.05) is 0 Å². The molecule has 1 aromatic carbocycles. The van der Waals surface area contributed by atoms with E-state index in [2.05, 4.69) is 34.1 Å². The molecule has 100 valence electrons. The molecule has 3 atom stereocenters. The number of hydrogen-bond acceptors (Lipinski definition) is 2. The SMILES string of the molecule is NC1C[C@H]2CC[C@@H](C1)N2Cc1ccc2[nH]ccc2c1. The lowest BCUT2D eigenvalue weighted by Gasteiger charge is -2.37. The van der Waals surface area contributed by atoms with E-state index in [4.69, 9.17) is 5.73 Å². The molecular weight excluding hydrogens is 234 g/mol. The van der Waals surface area contributed by atoms with Crippen LogP contribution in [0.3, 0.4) is 0 Å². The molecule has 2 fully saturated rings. The highest BCUT2D eigenvalue weighted by Crippen LogP contribution is 2.36. The predicted molar refractivity (Wildman–Crippen MR) is 77.9 cm³/mol. The maximum Gasteiger partial charge on any atom is 0.0454 e. The van der Waals surface area contributed by atoms with Crippen LogP contribution in [0.25, 0.3) is 10.9 Å². The molecule has 3 N–H and O–H groups in total. The van der Waals surface area contributed by atoms with Gasteiger partial charge < -0.3 is 10.7 Å². The lowest BCUT2D eigenvalue weighted by Crippen LogP contribution is -2.46. The summed E-state index contributed by atoms with van der Waals surface area (Å²) in [5.74, 6) is 0. The van der Waals surface area contributed by atoms with E-state index < -0.39 is 0 Å². The maximum atomic E-state index is 6.14. The lowest BCUT2D eigenvalue weighted by molar-refractivity contribution is 0.120.